The average Bonchev–Trinajstić information content (AvgIpc) is 3.60. The minimum atomic E-state index is -0.480. The molecule has 4 aromatic heterocycles. The first kappa shape index (κ1) is 22.8. The number of anilines is 1. The molecule has 8 nitrogen and oxygen atoms in total. The van der Waals surface area contributed by atoms with E-state index in [4.69, 9.17) is 23.9 Å². The van der Waals surface area contributed by atoms with Crippen molar-refractivity contribution in [1.29, 1.82) is 0 Å². The Bertz CT molecular complexity index is 1440. The van der Waals surface area contributed by atoms with E-state index in [9.17, 15) is 4.79 Å². The van der Waals surface area contributed by atoms with Crippen LogP contribution in [0.25, 0.3) is 20.4 Å². The van der Waals surface area contributed by atoms with Crippen LogP contribution < -0.4 is 4.90 Å². The SMILES string of the molecule is COC(=O)c1ccc(CSc2ncnc3c2sc2nc(N4CCCC4)c4c(c23)CC(C)(C)OC4)o1. The summed E-state index contributed by atoms with van der Waals surface area (Å²) in [4.78, 5) is 29.6. The highest BCUT2D eigenvalue weighted by Gasteiger charge is 2.33. The molecule has 0 saturated carbocycles. The van der Waals surface area contributed by atoms with Crippen molar-refractivity contribution in [3.05, 3.63) is 41.1 Å². The van der Waals surface area contributed by atoms with Gasteiger partial charge >= 0.3 is 5.97 Å². The van der Waals surface area contributed by atoms with Crippen molar-refractivity contribution in [3.63, 3.8) is 0 Å². The summed E-state index contributed by atoms with van der Waals surface area (Å²) >= 11 is 3.22. The summed E-state index contributed by atoms with van der Waals surface area (Å²) in [6, 6.07) is 3.43. The number of hydrogen-bond acceptors (Lipinski definition) is 10. The Morgan fingerprint density at radius 1 is 1.23 bits per heavy atom. The van der Waals surface area contributed by atoms with Crippen molar-refractivity contribution in [2.24, 2.45) is 0 Å². The van der Waals surface area contributed by atoms with Gasteiger partial charge < -0.3 is 18.8 Å². The summed E-state index contributed by atoms with van der Waals surface area (Å²) in [7, 11) is 1.34. The Kier molecular flexibility index (Phi) is 5.69. The van der Waals surface area contributed by atoms with Gasteiger partial charge in [-0.25, -0.2) is 19.7 Å². The number of carbonyl (C=O) groups is 1. The van der Waals surface area contributed by atoms with Gasteiger partial charge in [0.15, 0.2) is 0 Å². The first-order valence-corrected chi connectivity index (χ1v) is 13.5. The standard InChI is InChI=1S/C25H26N4O4S2/c1-25(2)10-15-16(11-32-25)21(29-8-4-5-9-29)28-22-18(15)19-20(35-22)23(27-13-26-19)34-12-14-6-7-17(33-14)24(30)31-3/h6-7,13H,4-5,8-12H2,1-3H3. The molecule has 0 N–H and O–H groups in total. The number of rotatable bonds is 5. The highest BCUT2D eigenvalue weighted by Crippen LogP contribution is 2.45. The molecule has 0 atom stereocenters. The molecule has 0 unspecified atom stereocenters. The van der Waals surface area contributed by atoms with Gasteiger partial charge in [-0.05, 0) is 44.4 Å². The van der Waals surface area contributed by atoms with E-state index in [1.807, 2.05) is 0 Å². The molecule has 35 heavy (non-hydrogen) atoms. The number of esters is 1. The maximum absolute atomic E-state index is 11.7. The van der Waals surface area contributed by atoms with Crippen LogP contribution in [0, 0.1) is 0 Å². The highest BCUT2D eigenvalue weighted by atomic mass is 32.2. The van der Waals surface area contributed by atoms with Gasteiger partial charge in [-0.15, -0.1) is 11.3 Å². The first-order chi connectivity index (χ1) is 16.9. The van der Waals surface area contributed by atoms with E-state index in [-0.39, 0.29) is 11.4 Å². The van der Waals surface area contributed by atoms with Crippen molar-refractivity contribution in [2.45, 2.75) is 56.1 Å². The minimum absolute atomic E-state index is 0.202. The zero-order chi connectivity index (χ0) is 24.2. The molecule has 0 radical (unpaired) electrons. The fourth-order valence-corrected chi connectivity index (χ4v) is 6.99. The monoisotopic (exact) mass is 510 g/mol. The van der Waals surface area contributed by atoms with Crippen LogP contribution in [-0.2, 0) is 28.3 Å². The molecule has 0 aliphatic carbocycles. The Morgan fingerprint density at radius 2 is 2.06 bits per heavy atom. The maximum atomic E-state index is 11.7. The molecule has 1 saturated heterocycles. The Labute approximate surface area is 211 Å². The maximum Gasteiger partial charge on any atom is 0.373 e. The third kappa shape index (κ3) is 4.07. The van der Waals surface area contributed by atoms with Crippen molar-refractivity contribution in [3.8, 4) is 0 Å². The quantitative estimate of drug-likeness (QED) is 0.200. The zero-order valence-corrected chi connectivity index (χ0v) is 21.6. The van der Waals surface area contributed by atoms with E-state index in [1.165, 1.54) is 31.1 Å². The number of furan rings is 1. The number of fused-ring (bicyclic) bond motifs is 5. The average molecular weight is 511 g/mol. The fraction of sp³-hybridized carbons (Fsp3) is 0.440. The van der Waals surface area contributed by atoms with Gasteiger partial charge in [-0.2, -0.15) is 0 Å². The normalized spacial score (nSPS) is 17.3. The Hall–Kier alpha value is -2.69. The number of aromatic nitrogens is 3. The number of nitrogens with zero attached hydrogens (tertiary/aromatic N) is 4. The number of pyridine rings is 1. The summed E-state index contributed by atoms with van der Waals surface area (Å²) in [5.74, 6) is 2.02. The molecule has 1 fully saturated rings. The molecule has 6 rings (SSSR count). The van der Waals surface area contributed by atoms with Gasteiger partial charge in [-0.3, -0.25) is 0 Å². The van der Waals surface area contributed by atoms with E-state index in [0.29, 0.717) is 18.1 Å². The second kappa shape index (κ2) is 8.76. The van der Waals surface area contributed by atoms with E-state index in [0.717, 1.165) is 50.8 Å². The van der Waals surface area contributed by atoms with Gasteiger partial charge in [0.1, 0.15) is 27.8 Å². The second-order valence-corrected chi connectivity index (χ2v) is 11.5. The Balaban J connectivity index is 1.43. The number of methoxy groups -OCH3 is 1. The van der Waals surface area contributed by atoms with Crippen molar-refractivity contribution in [1.82, 2.24) is 15.0 Å². The number of hydrogen-bond donors (Lipinski definition) is 0. The number of carbonyl (C=O) groups excluding carboxylic acids is 1. The van der Waals surface area contributed by atoms with Crippen LogP contribution in [0.15, 0.2) is 27.9 Å². The molecular weight excluding hydrogens is 484 g/mol. The lowest BCUT2D eigenvalue weighted by Gasteiger charge is -2.34. The molecule has 2 aliphatic rings. The largest absolute Gasteiger partial charge is 0.463 e. The third-order valence-electron chi connectivity index (χ3n) is 6.58. The second-order valence-electron chi connectivity index (χ2n) is 9.50. The van der Waals surface area contributed by atoms with Gasteiger partial charge in [0.05, 0.1) is 35.3 Å². The smallest absolute Gasteiger partial charge is 0.373 e. The Morgan fingerprint density at radius 3 is 2.86 bits per heavy atom. The molecule has 0 spiro atoms. The molecule has 6 heterocycles. The van der Waals surface area contributed by atoms with Crippen LogP contribution in [-0.4, -0.2) is 46.7 Å². The van der Waals surface area contributed by atoms with Crippen LogP contribution >= 0.6 is 23.1 Å². The van der Waals surface area contributed by atoms with E-state index >= 15 is 0 Å². The van der Waals surface area contributed by atoms with Crippen molar-refractivity contribution < 1.29 is 18.7 Å². The summed E-state index contributed by atoms with van der Waals surface area (Å²) in [5.41, 5.74) is 3.23. The van der Waals surface area contributed by atoms with E-state index in [1.54, 1.807) is 41.6 Å². The molecule has 0 amide bonds. The lowest BCUT2D eigenvalue weighted by molar-refractivity contribution is -0.0395. The lowest BCUT2D eigenvalue weighted by atomic mass is 9.90. The van der Waals surface area contributed by atoms with Crippen LogP contribution in [0.3, 0.4) is 0 Å². The van der Waals surface area contributed by atoms with Crippen LogP contribution in [0.4, 0.5) is 5.82 Å². The number of ether oxygens (including phenoxy) is 2. The fourth-order valence-electron chi connectivity index (χ4n) is 4.87. The number of thioether (sulfide) groups is 1. The van der Waals surface area contributed by atoms with E-state index < -0.39 is 5.97 Å². The topological polar surface area (TPSA) is 90.6 Å². The minimum Gasteiger partial charge on any atom is -0.463 e. The van der Waals surface area contributed by atoms with E-state index in [2.05, 4.69) is 23.7 Å². The van der Waals surface area contributed by atoms with Gasteiger partial charge in [-0.1, -0.05) is 11.8 Å². The summed E-state index contributed by atoms with van der Waals surface area (Å²) < 4.78 is 17.6. The van der Waals surface area contributed by atoms with Gasteiger partial charge in [0.25, 0.3) is 0 Å². The molecule has 0 bridgehead atoms. The third-order valence-corrected chi connectivity index (χ3v) is 8.80. The summed E-state index contributed by atoms with van der Waals surface area (Å²) in [6.07, 6.45) is 4.85. The molecule has 0 aromatic carbocycles. The van der Waals surface area contributed by atoms with Crippen molar-refractivity contribution in [2.75, 3.05) is 25.1 Å². The zero-order valence-electron chi connectivity index (χ0n) is 19.9. The van der Waals surface area contributed by atoms with Gasteiger partial charge in [0.2, 0.25) is 5.76 Å². The van der Waals surface area contributed by atoms with Crippen molar-refractivity contribution >= 4 is 55.3 Å². The van der Waals surface area contributed by atoms with Gasteiger partial charge in [0, 0.05) is 30.5 Å². The molecule has 2 aliphatic heterocycles. The molecule has 10 heteroatoms. The predicted octanol–water partition coefficient (Wildman–Crippen LogP) is 5.36. The lowest BCUT2D eigenvalue weighted by Crippen LogP contribution is -2.33. The molecule has 182 valence electrons. The molecular formula is C25H26N4O4S2. The molecule has 4 aromatic rings. The summed E-state index contributed by atoms with van der Waals surface area (Å²) in [5, 5.41) is 2.02. The van der Waals surface area contributed by atoms with Crippen LogP contribution in [0.1, 0.15) is 54.1 Å². The number of thiophene rings is 1. The van der Waals surface area contributed by atoms with Crippen LogP contribution in [0.2, 0.25) is 0 Å². The van der Waals surface area contributed by atoms with Crippen LogP contribution in [0.5, 0.6) is 0 Å². The summed E-state index contributed by atoms with van der Waals surface area (Å²) in [6.45, 7) is 6.94. The predicted molar refractivity (Wildman–Crippen MR) is 136 cm³/mol. The highest BCUT2D eigenvalue weighted by molar-refractivity contribution is 7.98. The first-order valence-electron chi connectivity index (χ1n) is 11.7.